The molecule has 1 atom stereocenters. The van der Waals surface area contributed by atoms with E-state index in [2.05, 4.69) is 22.2 Å². The van der Waals surface area contributed by atoms with Crippen LogP contribution >= 0.6 is 0 Å². The number of aromatic nitrogens is 1. The molecular formula is C19H27N3O3. The number of hydrogen-bond acceptors (Lipinski definition) is 5. The Morgan fingerprint density at radius 3 is 2.64 bits per heavy atom. The van der Waals surface area contributed by atoms with Crippen molar-refractivity contribution < 1.29 is 14.1 Å². The summed E-state index contributed by atoms with van der Waals surface area (Å²) in [7, 11) is 0. The zero-order chi connectivity index (χ0) is 17.4. The highest BCUT2D eigenvalue weighted by molar-refractivity contribution is 5.81. The van der Waals surface area contributed by atoms with E-state index >= 15 is 0 Å². The van der Waals surface area contributed by atoms with Crippen LogP contribution in [0.2, 0.25) is 0 Å². The number of nitrogens with zero attached hydrogens (tertiary/aromatic N) is 3. The number of carbonyl (C=O) groups is 1. The SMILES string of the molecule is Cc1noc(C)c1CN1C[C@@H](C(=O)N2CC=CC2)C2(CCOCC2)C1. The molecule has 1 spiro atoms. The summed E-state index contributed by atoms with van der Waals surface area (Å²) in [5, 5.41) is 4.07. The zero-order valence-electron chi connectivity index (χ0n) is 15.2. The van der Waals surface area contributed by atoms with E-state index in [9.17, 15) is 4.79 Å². The van der Waals surface area contributed by atoms with Gasteiger partial charge in [0, 0.05) is 56.9 Å². The maximum atomic E-state index is 13.2. The first-order valence-electron chi connectivity index (χ1n) is 9.25. The summed E-state index contributed by atoms with van der Waals surface area (Å²) in [5.74, 6) is 1.27. The van der Waals surface area contributed by atoms with Crippen molar-refractivity contribution >= 4 is 5.91 Å². The lowest BCUT2D eigenvalue weighted by molar-refractivity contribution is -0.139. The van der Waals surface area contributed by atoms with Gasteiger partial charge in [0.2, 0.25) is 5.91 Å². The lowest BCUT2D eigenvalue weighted by Gasteiger charge is -2.38. The van der Waals surface area contributed by atoms with Crippen LogP contribution in [0.15, 0.2) is 16.7 Å². The smallest absolute Gasteiger partial charge is 0.228 e. The summed E-state index contributed by atoms with van der Waals surface area (Å²) >= 11 is 0. The molecule has 0 radical (unpaired) electrons. The molecule has 25 heavy (non-hydrogen) atoms. The third-order valence-corrected chi connectivity index (χ3v) is 6.20. The van der Waals surface area contributed by atoms with E-state index in [1.807, 2.05) is 18.7 Å². The molecule has 0 saturated carbocycles. The van der Waals surface area contributed by atoms with Gasteiger partial charge in [0.05, 0.1) is 11.6 Å². The maximum Gasteiger partial charge on any atom is 0.228 e. The van der Waals surface area contributed by atoms with E-state index in [1.165, 1.54) is 0 Å². The molecule has 2 saturated heterocycles. The molecule has 2 fully saturated rings. The molecule has 1 aromatic heterocycles. The highest BCUT2D eigenvalue weighted by atomic mass is 16.5. The van der Waals surface area contributed by atoms with Crippen molar-refractivity contribution in [3.05, 3.63) is 29.2 Å². The van der Waals surface area contributed by atoms with Gasteiger partial charge in [-0.3, -0.25) is 9.69 Å². The normalized spacial score (nSPS) is 26.0. The summed E-state index contributed by atoms with van der Waals surface area (Å²) < 4.78 is 10.9. The number of hydrogen-bond donors (Lipinski definition) is 0. The molecular weight excluding hydrogens is 318 g/mol. The van der Waals surface area contributed by atoms with Crippen LogP contribution in [0, 0.1) is 25.2 Å². The van der Waals surface area contributed by atoms with Gasteiger partial charge in [-0.25, -0.2) is 0 Å². The lowest BCUT2D eigenvalue weighted by Crippen LogP contribution is -2.45. The number of rotatable bonds is 3. The number of carbonyl (C=O) groups excluding carboxylic acids is 1. The minimum Gasteiger partial charge on any atom is -0.381 e. The fourth-order valence-corrected chi connectivity index (χ4v) is 4.65. The van der Waals surface area contributed by atoms with Gasteiger partial charge in [0.1, 0.15) is 5.76 Å². The molecule has 4 heterocycles. The van der Waals surface area contributed by atoms with E-state index < -0.39 is 0 Å². The summed E-state index contributed by atoms with van der Waals surface area (Å²) in [4.78, 5) is 17.6. The van der Waals surface area contributed by atoms with Crippen molar-refractivity contribution in [3.8, 4) is 0 Å². The topological polar surface area (TPSA) is 58.8 Å². The highest BCUT2D eigenvalue weighted by Crippen LogP contribution is 2.45. The molecule has 1 amide bonds. The van der Waals surface area contributed by atoms with Crippen LogP contribution in [-0.4, -0.2) is 60.3 Å². The minimum atomic E-state index is 0.0525. The van der Waals surface area contributed by atoms with Gasteiger partial charge in [-0.1, -0.05) is 17.3 Å². The minimum absolute atomic E-state index is 0.0525. The lowest BCUT2D eigenvalue weighted by atomic mass is 9.71. The fraction of sp³-hybridized carbons (Fsp3) is 0.684. The van der Waals surface area contributed by atoms with E-state index in [4.69, 9.17) is 9.26 Å². The monoisotopic (exact) mass is 345 g/mol. The van der Waals surface area contributed by atoms with Crippen LogP contribution in [-0.2, 0) is 16.1 Å². The van der Waals surface area contributed by atoms with E-state index in [0.717, 1.165) is 75.8 Å². The highest BCUT2D eigenvalue weighted by Gasteiger charge is 2.51. The quantitative estimate of drug-likeness (QED) is 0.784. The van der Waals surface area contributed by atoms with Gasteiger partial charge in [-0.2, -0.15) is 0 Å². The summed E-state index contributed by atoms with van der Waals surface area (Å²) in [6.45, 7) is 9.59. The average Bonchev–Trinajstić information content (AvgIpc) is 3.32. The second-order valence-electron chi connectivity index (χ2n) is 7.71. The molecule has 6 nitrogen and oxygen atoms in total. The molecule has 6 heteroatoms. The van der Waals surface area contributed by atoms with Gasteiger partial charge >= 0.3 is 0 Å². The van der Waals surface area contributed by atoms with Crippen molar-refractivity contribution in [2.75, 3.05) is 39.4 Å². The number of likely N-dealkylation sites (tertiary alicyclic amines) is 1. The van der Waals surface area contributed by atoms with Gasteiger partial charge in [-0.15, -0.1) is 0 Å². The first kappa shape index (κ1) is 16.8. The van der Waals surface area contributed by atoms with Crippen molar-refractivity contribution in [1.29, 1.82) is 0 Å². The Hall–Kier alpha value is -1.66. The second-order valence-corrected chi connectivity index (χ2v) is 7.71. The predicted octanol–water partition coefficient (Wildman–Crippen LogP) is 1.92. The van der Waals surface area contributed by atoms with Gasteiger partial charge < -0.3 is 14.2 Å². The van der Waals surface area contributed by atoms with Gasteiger partial charge in [0.15, 0.2) is 0 Å². The zero-order valence-corrected chi connectivity index (χ0v) is 15.2. The van der Waals surface area contributed by atoms with Crippen LogP contribution in [0.25, 0.3) is 0 Å². The van der Waals surface area contributed by atoms with Crippen LogP contribution in [0.4, 0.5) is 0 Å². The largest absolute Gasteiger partial charge is 0.381 e. The Morgan fingerprint density at radius 2 is 2.00 bits per heavy atom. The van der Waals surface area contributed by atoms with E-state index in [-0.39, 0.29) is 11.3 Å². The van der Waals surface area contributed by atoms with Crippen molar-refractivity contribution in [3.63, 3.8) is 0 Å². The van der Waals surface area contributed by atoms with Crippen molar-refractivity contribution in [1.82, 2.24) is 15.0 Å². The van der Waals surface area contributed by atoms with E-state index in [0.29, 0.717) is 5.91 Å². The molecule has 0 aromatic carbocycles. The van der Waals surface area contributed by atoms with Crippen LogP contribution in [0.5, 0.6) is 0 Å². The Morgan fingerprint density at radius 1 is 1.28 bits per heavy atom. The third kappa shape index (κ3) is 3.02. The molecule has 4 rings (SSSR count). The Kier molecular flexibility index (Phi) is 4.41. The number of ether oxygens (including phenoxy) is 1. The second kappa shape index (κ2) is 6.57. The molecule has 0 unspecified atom stereocenters. The predicted molar refractivity (Wildman–Crippen MR) is 93.0 cm³/mol. The van der Waals surface area contributed by atoms with Crippen LogP contribution in [0.1, 0.15) is 29.9 Å². The Balaban J connectivity index is 1.55. The molecule has 136 valence electrons. The molecule has 0 aliphatic carbocycles. The number of aryl methyl sites for hydroxylation is 2. The first-order chi connectivity index (χ1) is 12.1. The standard InChI is InChI=1S/C19H27N3O3/c1-14-16(15(2)25-20-14)11-21-12-17(18(23)22-7-3-4-8-22)19(13-21)5-9-24-10-6-19/h3-4,17H,5-13H2,1-2H3/t17-/m0/s1. The maximum absolute atomic E-state index is 13.2. The summed E-state index contributed by atoms with van der Waals surface area (Å²) in [6, 6.07) is 0. The fourth-order valence-electron chi connectivity index (χ4n) is 4.65. The van der Waals surface area contributed by atoms with Gasteiger partial charge in [-0.05, 0) is 26.7 Å². The number of amides is 1. The Bertz CT molecular complexity index is 648. The van der Waals surface area contributed by atoms with Gasteiger partial charge in [0.25, 0.3) is 0 Å². The van der Waals surface area contributed by atoms with Crippen molar-refractivity contribution in [2.24, 2.45) is 11.3 Å². The molecule has 3 aliphatic rings. The average molecular weight is 345 g/mol. The molecule has 0 N–H and O–H groups in total. The Labute approximate surface area is 148 Å². The van der Waals surface area contributed by atoms with Crippen LogP contribution < -0.4 is 0 Å². The molecule has 0 bridgehead atoms. The first-order valence-corrected chi connectivity index (χ1v) is 9.25. The van der Waals surface area contributed by atoms with Crippen LogP contribution in [0.3, 0.4) is 0 Å². The molecule has 3 aliphatic heterocycles. The summed E-state index contributed by atoms with van der Waals surface area (Å²) in [5.41, 5.74) is 2.17. The van der Waals surface area contributed by atoms with Crippen molar-refractivity contribution in [2.45, 2.75) is 33.2 Å². The third-order valence-electron chi connectivity index (χ3n) is 6.20. The molecule has 1 aromatic rings. The summed E-state index contributed by atoms with van der Waals surface area (Å²) in [6.07, 6.45) is 6.13. The van der Waals surface area contributed by atoms with E-state index in [1.54, 1.807) is 0 Å².